The molecule has 0 unspecified atom stereocenters. The Labute approximate surface area is 155 Å². The van der Waals surface area contributed by atoms with Gasteiger partial charge in [-0.1, -0.05) is 35.9 Å². The molecule has 0 saturated carbocycles. The van der Waals surface area contributed by atoms with Crippen molar-refractivity contribution in [2.45, 2.75) is 6.54 Å². The maximum atomic E-state index is 12.2. The Hall–Kier alpha value is -3.43. The summed E-state index contributed by atoms with van der Waals surface area (Å²) in [5.74, 6) is 0.137. The molecule has 0 saturated heterocycles. The Morgan fingerprint density at radius 3 is 2.69 bits per heavy atom. The number of anilines is 2. The molecule has 3 rings (SSSR count). The van der Waals surface area contributed by atoms with E-state index in [1.165, 1.54) is 12.4 Å². The fourth-order valence-electron chi connectivity index (χ4n) is 2.23. The van der Waals surface area contributed by atoms with Crippen molar-refractivity contribution in [1.82, 2.24) is 15.3 Å². The molecule has 1 heterocycles. The van der Waals surface area contributed by atoms with E-state index in [0.29, 0.717) is 28.6 Å². The molecular formula is C19H14ClN5O. The van der Waals surface area contributed by atoms with E-state index in [0.717, 1.165) is 5.56 Å². The highest BCUT2D eigenvalue weighted by molar-refractivity contribution is 6.31. The molecule has 0 radical (unpaired) electrons. The number of aromatic nitrogens is 2. The van der Waals surface area contributed by atoms with Crippen molar-refractivity contribution in [1.29, 1.82) is 5.26 Å². The molecule has 1 aromatic heterocycles. The van der Waals surface area contributed by atoms with Crippen LogP contribution in [0.2, 0.25) is 5.02 Å². The highest BCUT2D eigenvalue weighted by Gasteiger charge is 2.09. The normalized spacial score (nSPS) is 10.0. The van der Waals surface area contributed by atoms with Crippen molar-refractivity contribution < 1.29 is 4.79 Å². The molecule has 0 aliphatic rings. The summed E-state index contributed by atoms with van der Waals surface area (Å²) in [6.45, 7) is 0.307. The van der Waals surface area contributed by atoms with E-state index in [1.54, 1.807) is 24.3 Å². The lowest BCUT2D eigenvalue weighted by atomic mass is 10.2. The first-order chi connectivity index (χ1) is 12.7. The zero-order chi connectivity index (χ0) is 18.4. The number of hydrogen-bond acceptors (Lipinski definition) is 5. The maximum Gasteiger partial charge on any atom is 0.271 e. The van der Waals surface area contributed by atoms with Crippen LogP contribution in [0.5, 0.6) is 0 Å². The summed E-state index contributed by atoms with van der Waals surface area (Å²) < 4.78 is 0. The number of benzene rings is 2. The molecule has 3 aromatic rings. The van der Waals surface area contributed by atoms with Crippen molar-refractivity contribution in [2.75, 3.05) is 5.32 Å². The molecule has 0 aliphatic carbocycles. The molecule has 2 aromatic carbocycles. The standard InChI is InChI=1S/C19H14ClN5O/c20-16-7-2-1-5-14(16)10-24-19(26)17-11-23-18(12-22-17)25-15-6-3-4-13(8-15)9-21/h1-8,11-12H,10H2,(H,23,25)(H,24,26). The fraction of sp³-hybridized carbons (Fsp3) is 0.0526. The van der Waals surface area contributed by atoms with Crippen LogP contribution in [0, 0.1) is 11.3 Å². The Morgan fingerprint density at radius 1 is 1.12 bits per heavy atom. The summed E-state index contributed by atoms with van der Waals surface area (Å²) in [5.41, 5.74) is 2.28. The van der Waals surface area contributed by atoms with Crippen LogP contribution in [0.3, 0.4) is 0 Å². The third-order valence-electron chi connectivity index (χ3n) is 3.55. The molecule has 128 valence electrons. The molecule has 0 fully saturated rings. The Kier molecular flexibility index (Phi) is 5.42. The van der Waals surface area contributed by atoms with Crippen LogP contribution in [-0.4, -0.2) is 15.9 Å². The summed E-state index contributed by atoms with van der Waals surface area (Å²) in [6.07, 6.45) is 2.85. The minimum Gasteiger partial charge on any atom is -0.347 e. The van der Waals surface area contributed by atoms with Crippen molar-refractivity contribution >= 4 is 29.0 Å². The van der Waals surface area contributed by atoms with Gasteiger partial charge in [0, 0.05) is 17.3 Å². The van der Waals surface area contributed by atoms with Gasteiger partial charge in [0.2, 0.25) is 0 Å². The summed E-state index contributed by atoms with van der Waals surface area (Å²) in [4.78, 5) is 20.5. The van der Waals surface area contributed by atoms with Crippen LogP contribution >= 0.6 is 11.6 Å². The number of nitrogens with zero attached hydrogens (tertiary/aromatic N) is 3. The molecule has 2 N–H and O–H groups in total. The number of halogens is 1. The average molecular weight is 364 g/mol. The lowest BCUT2D eigenvalue weighted by Gasteiger charge is -2.08. The highest BCUT2D eigenvalue weighted by atomic mass is 35.5. The number of nitriles is 1. The van der Waals surface area contributed by atoms with Gasteiger partial charge < -0.3 is 10.6 Å². The van der Waals surface area contributed by atoms with Gasteiger partial charge in [0.15, 0.2) is 0 Å². The molecule has 6 nitrogen and oxygen atoms in total. The molecule has 26 heavy (non-hydrogen) atoms. The quantitative estimate of drug-likeness (QED) is 0.721. The van der Waals surface area contributed by atoms with E-state index in [1.807, 2.05) is 24.3 Å². The summed E-state index contributed by atoms with van der Waals surface area (Å²) >= 11 is 6.07. The number of amides is 1. The van der Waals surface area contributed by atoms with Gasteiger partial charge in [-0.3, -0.25) is 4.79 Å². The minimum absolute atomic E-state index is 0.202. The van der Waals surface area contributed by atoms with Gasteiger partial charge in [0.05, 0.1) is 24.0 Å². The molecule has 0 bridgehead atoms. The van der Waals surface area contributed by atoms with Crippen LogP contribution in [0.15, 0.2) is 60.9 Å². The molecule has 7 heteroatoms. The molecule has 0 atom stereocenters. The van der Waals surface area contributed by atoms with E-state index in [-0.39, 0.29) is 11.6 Å². The summed E-state index contributed by atoms with van der Waals surface area (Å²) in [5, 5.41) is 15.3. The number of carbonyl (C=O) groups is 1. The number of hydrogen-bond donors (Lipinski definition) is 2. The summed E-state index contributed by atoms with van der Waals surface area (Å²) in [6, 6.07) is 16.4. The first-order valence-electron chi connectivity index (χ1n) is 7.76. The first-order valence-corrected chi connectivity index (χ1v) is 8.14. The predicted octanol–water partition coefficient (Wildman–Crippen LogP) is 3.68. The van der Waals surface area contributed by atoms with Gasteiger partial charge in [-0.2, -0.15) is 5.26 Å². The maximum absolute atomic E-state index is 12.2. The largest absolute Gasteiger partial charge is 0.347 e. The van der Waals surface area contributed by atoms with Crippen LogP contribution < -0.4 is 10.6 Å². The summed E-state index contributed by atoms with van der Waals surface area (Å²) in [7, 11) is 0. The van der Waals surface area contributed by atoms with E-state index in [4.69, 9.17) is 16.9 Å². The highest BCUT2D eigenvalue weighted by Crippen LogP contribution is 2.16. The smallest absolute Gasteiger partial charge is 0.271 e. The Balaban J connectivity index is 1.62. The van der Waals surface area contributed by atoms with Crippen molar-refractivity contribution in [3.63, 3.8) is 0 Å². The topological polar surface area (TPSA) is 90.7 Å². The number of carbonyl (C=O) groups excluding carboxylic acids is 1. The van der Waals surface area contributed by atoms with Gasteiger partial charge in [-0.15, -0.1) is 0 Å². The van der Waals surface area contributed by atoms with Gasteiger partial charge in [0.1, 0.15) is 11.5 Å². The van der Waals surface area contributed by atoms with Crippen LogP contribution in [-0.2, 0) is 6.54 Å². The van der Waals surface area contributed by atoms with Gasteiger partial charge in [-0.25, -0.2) is 9.97 Å². The zero-order valence-electron chi connectivity index (χ0n) is 13.6. The van der Waals surface area contributed by atoms with E-state index >= 15 is 0 Å². The van der Waals surface area contributed by atoms with Crippen molar-refractivity contribution in [3.8, 4) is 6.07 Å². The molecule has 0 spiro atoms. The molecular weight excluding hydrogens is 350 g/mol. The second-order valence-electron chi connectivity index (χ2n) is 5.38. The number of nitrogens with one attached hydrogen (secondary N) is 2. The molecule has 1 amide bonds. The average Bonchev–Trinajstić information content (AvgIpc) is 2.68. The Bertz CT molecular complexity index is 966. The molecule has 0 aliphatic heterocycles. The van der Waals surface area contributed by atoms with Gasteiger partial charge in [-0.05, 0) is 29.8 Å². The monoisotopic (exact) mass is 363 g/mol. The van der Waals surface area contributed by atoms with E-state index in [9.17, 15) is 4.79 Å². The third-order valence-corrected chi connectivity index (χ3v) is 3.91. The van der Waals surface area contributed by atoms with Gasteiger partial charge >= 0.3 is 0 Å². The fourth-order valence-corrected chi connectivity index (χ4v) is 2.43. The van der Waals surface area contributed by atoms with Crippen LogP contribution in [0.1, 0.15) is 21.6 Å². The second-order valence-corrected chi connectivity index (χ2v) is 5.79. The van der Waals surface area contributed by atoms with Crippen LogP contribution in [0.25, 0.3) is 0 Å². The number of rotatable bonds is 5. The lowest BCUT2D eigenvalue weighted by molar-refractivity contribution is 0.0945. The second kappa shape index (κ2) is 8.10. The predicted molar refractivity (Wildman–Crippen MR) is 99.1 cm³/mol. The van der Waals surface area contributed by atoms with Crippen molar-refractivity contribution in [3.05, 3.63) is 82.8 Å². The minimum atomic E-state index is -0.338. The van der Waals surface area contributed by atoms with E-state index in [2.05, 4.69) is 26.7 Å². The first kappa shape index (κ1) is 17.4. The lowest BCUT2D eigenvalue weighted by Crippen LogP contribution is -2.24. The zero-order valence-corrected chi connectivity index (χ0v) is 14.4. The SMILES string of the molecule is N#Cc1cccc(Nc2cnc(C(=O)NCc3ccccc3Cl)cn2)c1. The van der Waals surface area contributed by atoms with Gasteiger partial charge in [0.25, 0.3) is 5.91 Å². The van der Waals surface area contributed by atoms with E-state index < -0.39 is 0 Å². The third kappa shape index (κ3) is 4.35. The van der Waals surface area contributed by atoms with Crippen LogP contribution in [0.4, 0.5) is 11.5 Å². The van der Waals surface area contributed by atoms with Crippen molar-refractivity contribution in [2.24, 2.45) is 0 Å². The Morgan fingerprint density at radius 2 is 1.96 bits per heavy atom.